The Morgan fingerprint density at radius 3 is 2.50 bits per heavy atom. The molecule has 0 fully saturated rings. The first-order chi connectivity index (χ1) is 12.6. The average Bonchev–Trinajstić information content (AvgIpc) is 2.63. The van der Waals surface area contributed by atoms with Gasteiger partial charge in [0.05, 0.1) is 5.56 Å². The Morgan fingerprint density at radius 1 is 1.08 bits per heavy atom. The van der Waals surface area contributed by atoms with Crippen LogP contribution < -0.4 is 21.8 Å². The average molecular weight is 343 g/mol. The van der Waals surface area contributed by atoms with Crippen LogP contribution in [-0.2, 0) is 0 Å². The number of hydrogen-bond donors (Lipinski definition) is 4. The number of anilines is 2. The van der Waals surface area contributed by atoms with Crippen LogP contribution in [-0.4, -0.2) is 10.9 Å². The first kappa shape index (κ1) is 17.0. The van der Waals surface area contributed by atoms with Crippen LogP contribution in [0.1, 0.15) is 11.3 Å². The van der Waals surface area contributed by atoms with Crippen molar-refractivity contribution in [2.45, 2.75) is 6.92 Å². The quantitative estimate of drug-likeness (QED) is 0.328. The molecule has 128 valence electrons. The second-order valence-corrected chi connectivity index (χ2v) is 5.77. The molecule has 0 spiro atoms. The van der Waals surface area contributed by atoms with Gasteiger partial charge in [-0.2, -0.15) is 5.26 Å². The van der Waals surface area contributed by atoms with Crippen LogP contribution in [0.5, 0.6) is 0 Å². The van der Waals surface area contributed by atoms with Gasteiger partial charge in [0.1, 0.15) is 17.5 Å². The van der Waals surface area contributed by atoms with Gasteiger partial charge in [-0.05, 0) is 42.8 Å². The summed E-state index contributed by atoms with van der Waals surface area (Å²) in [5.74, 6) is 0.904. The zero-order valence-electron chi connectivity index (χ0n) is 14.3. The highest BCUT2D eigenvalue weighted by Gasteiger charge is 2.09. The molecule has 3 aromatic rings. The Bertz CT molecular complexity index is 1000. The van der Waals surface area contributed by atoms with Crippen LogP contribution in [0, 0.1) is 18.3 Å². The summed E-state index contributed by atoms with van der Waals surface area (Å²) < 4.78 is 0. The lowest BCUT2D eigenvalue weighted by atomic mass is 10.0. The molecule has 3 rings (SSSR count). The lowest BCUT2D eigenvalue weighted by Crippen LogP contribution is -2.72. The number of para-hydroxylation sites is 1. The number of nitrogens with zero attached hydrogens (tertiary/aromatic N) is 2. The number of benzene rings is 2. The van der Waals surface area contributed by atoms with E-state index in [-0.39, 0.29) is 0 Å². The van der Waals surface area contributed by atoms with Crippen molar-refractivity contribution in [3.8, 4) is 17.2 Å². The third-order valence-electron chi connectivity index (χ3n) is 3.89. The van der Waals surface area contributed by atoms with Gasteiger partial charge in [0.25, 0.3) is 0 Å². The molecule has 6 N–H and O–H groups in total. The maximum Gasteiger partial charge on any atom is 0.309 e. The molecule has 0 saturated heterocycles. The summed E-state index contributed by atoms with van der Waals surface area (Å²) in [6, 6.07) is 20.8. The van der Waals surface area contributed by atoms with Gasteiger partial charge >= 0.3 is 5.96 Å². The van der Waals surface area contributed by atoms with Crippen molar-refractivity contribution in [3.63, 3.8) is 0 Å². The van der Waals surface area contributed by atoms with Gasteiger partial charge in [-0.1, -0.05) is 24.3 Å². The second-order valence-electron chi connectivity index (χ2n) is 5.77. The molecule has 1 aromatic heterocycles. The number of nitriles is 1. The Morgan fingerprint density at radius 2 is 1.81 bits per heavy atom. The van der Waals surface area contributed by atoms with Gasteiger partial charge in [-0.3, -0.25) is 5.32 Å². The van der Waals surface area contributed by atoms with Crippen LogP contribution in [0.3, 0.4) is 0 Å². The zero-order valence-corrected chi connectivity index (χ0v) is 14.3. The van der Waals surface area contributed by atoms with Crippen molar-refractivity contribution < 1.29 is 4.99 Å². The smallest absolute Gasteiger partial charge is 0.309 e. The predicted octanol–water partition coefficient (Wildman–Crippen LogP) is 1.65. The van der Waals surface area contributed by atoms with Crippen molar-refractivity contribution in [2.24, 2.45) is 5.73 Å². The van der Waals surface area contributed by atoms with E-state index in [1.54, 1.807) is 18.2 Å². The minimum Gasteiger partial charge on any atom is -0.399 e. The van der Waals surface area contributed by atoms with Crippen molar-refractivity contribution in [2.75, 3.05) is 11.1 Å². The molecule has 0 aliphatic heterocycles. The number of hydrogen-bond acceptors (Lipinski definition) is 3. The molecule has 0 aliphatic carbocycles. The molecule has 1 heterocycles. The molecule has 2 aromatic carbocycles. The fourth-order valence-electron chi connectivity index (χ4n) is 2.60. The van der Waals surface area contributed by atoms with Crippen LogP contribution in [0.25, 0.3) is 11.1 Å². The SMILES string of the molecule is Cc1nc([NH+]=C(N)Nc2ccccc2C#N)ccc1-c1ccc(N)cc1. The number of aromatic nitrogens is 1. The Kier molecular flexibility index (Phi) is 4.81. The number of nitrogens with one attached hydrogen (secondary N) is 2. The summed E-state index contributed by atoms with van der Waals surface area (Å²) in [4.78, 5) is 7.56. The van der Waals surface area contributed by atoms with Crippen LogP contribution >= 0.6 is 0 Å². The van der Waals surface area contributed by atoms with E-state index in [0.29, 0.717) is 23.0 Å². The van der Waals surface area contributed by atoms with Gasteiger partial charge in [-0.25, -0.2) is 4.99 Å². The fraction of sp³-hybridized carbons (Fsp3) is 0.0500. The van der Waals surface area contributed by atoms with E-state index in [0.717, 1.165) is 22.5 Å². The van der Waals surface area contributed by atoms with Gasteiger partial charge in [0, 0.05) is 17.3 Å². The van der Waals surface area contributed by atoms with E-state index in [1.165, 1.54) is 0 Å². The van der Waals surface area contributed by atoms with E-state index in [9.17, 15) is 0 Å². The minimum atomic E-state index is 0.292. The van der Waals surface area contributed by atoms with E-state index in [2.05, 4.69) is 21.4 Å². The summed E-state index contributed by atoms with van der Waals surface area (Å²) >= 11 is 0. The van der Waals surface area contributed by atoms with Gasteiger partial charge < -0.3 is 11.5 Å². The molecule has 6 nitrogen and oxygen atoms in total. The fourth-order valence-corrected chi connectivity index (χ4v) is 2.60. The summed E-state index contributed by atoms with van der Waals surface area (Å²) in [5, 5.41) is 12.1. The molecule has 0 atom stereocenters. The van der Waals surface area contributed by atoms with Crippen molar-refractivity contribution in [1.82, 2.24) is 4.98 Å². The normalized spacial score (nSPS) is 11.0. The lowest BCUT2D eigenvalue weighted by molar-refractivity contribution is -0.360. The summed E-state index contributed by atoms with van der Waals surface area (Å²) in [7, 11) is 0. The minimum absolute atomic E-state index is 0.292. The topological polar surface area (TPSA) is 115 Å². The molecule has 26 heavy (non-hydrogen) atoms. The third kappa shape index (κ3) is 3.79. The first-order valence-electron chi connectivity index (χ1n) is 8.06. The lowest BCUT2D eigenvalue weighted by Gasteiger charge is -2.05. The molecular weight excluding hydrogens is 324 g/mol. The molecule has 0 radical (unpaired) electrons. The molecule has 0 unspecified atom stereocenters. The monoisotopic (exact) mass is 343 g/mol. The standard InChI is InChI=1S/C20H18N6/c1-13-17(14-6-8-16(22)9-7-14)10-11-19(24-13)26-20(23)25-18-5-3-2-4-15(18)12-21/h2-11H,22H2,1H3,(H3,23,24,25,26)/p+1. The number of aryl methyl sites for hydroxylation is 1. The zero-order chi connectivity index (χ0) is 18.5. The van der Waals surface area contributed by atoms with E-state index < -0.39 is 0 Å². The highest BCUT2D eigenvalue weighted by molar-refractivity contribution is 5.89. The largest absolute Gasteiger partial charge is 0.399 e. The highest BCUT2D eigenvalue weighted by atomic mass is 15.1. The van der Waals surface area contributed by atoms with Crippen molar-refractivity contribution in [3.05, 3.63) is 71.9 Å². The molecule has 0 bridgehead atoms. The predicted molar refractivity (Wildman–Crippen MR) is 103 cm³/mol. The van der Waals surface area contributed by atoms with E-state index >= 15 is 0 Å². The van der Waals surface area contributed by atoms with Crippen LogP contribution in [0.4, 0.5) is 17.2 Å². The van der Waals surface area contributed by atoms with Crippen LogP contribution in [0.2, 0.25) is 0 Å². The summed E-state index contributed by atoms with van der Waals surface area (Å²) in [5.41, 5.74) is 16.6. The number of nitrogen functional groups attached to an aromatic ring is 1. The summed E-state index contributed by atoms with van der Waals surface area (Å²) in [6.45, 7) is 1.94. The maximum atomic E-state index is 9.13. The van der Waals surface area contributed by atoms with E-state index in [1.807, 2.05) is 49.4 Å². The molecule has 6 heteroatoms. The van der Waals surface area contributed by atoms with Gasteiger partial charge in [-0.15, -0.1) is 4.98 Å². The Hall–Kier alpha value is -3.85. The Labute approximate surface area is 151 Å². The summed E-state index contributed by atoms with van der Waals surface area (Å²) in [6.07, 6.45) is 0. The molecule has 0 saturated carbocycles. The van der Waals surface area contributed by atoms with Crippen LogP contribution in [0.15, 0.2) is 60.7 Å². The number of rotatable bonds is 3. The second kappa shape index (κ2) is 7.36. The number of nitrogens with two attached hydrogens (primary N) is 2. The molecule has 0 aliphatic rings. The first-order valence-corrected chi connectivity index (χ1v) is 8.06. The van der Waals surface area contributed by atoms with Gasteiger partial charge in [0.2, 0.25) is 5.82 Å². The van der Waals surface area contributed by atoms with E-state index in [4.69, 9.17) is 16.7 Å². The van der Waals surface area contributed by atoms with Crippen molar-refractivity contribution in [1.29, 1.82) is 5.26 Å². The number of guanidine groups is 1. The van der Waals surface area contributed by atoms with Gasteiger partial charge in [0.15, 0.2) is 0 Å². The third-order valence-corrected chi connectivity index (χ3v) is 3.89. The molecule has 0 amide bonds. The highest BCUT2D eigenvalue weighted by Crippen LogP contribution is 2.23. The Balaban J connectivity index is 1.83. The maximum absolute atomic E-state index is 9.13. The van der Waals surface area contributed by atoms with Crippen molar-refractivity contribution >= 4 is 23.2 Å². The molecular formula is C20H19N6+. The number of pyridine rings is 1.